The summed E-state index contributed by atoms with van der Waals surface area (Å²) in [6, 6.07) is 0. The van der Waals surface area contributed by atoms with Crippen molar-refractivity contribution in [2.24, 2.45) is 10.2 Å². The van der Waals surface area contributed by atoms with Gasteiger partial charge in [0.15, 0.2) is 13.1 Å². The summed E-state index contributed by atoms with van der Waals surface area (Å²) in [7, 11) is 0. The minimum Gasteiger partial charge on any atom is -0.347 e. The van der Waals surface area contributed by atoms with E-state index in [9.17, 15) is 0 Å². The number of nitrogens with zero attached hydrogens (tertiary/aromatic N) is 4. The lowest BCUT2D eigenvalue weighted by molar-refractivity contribution is -0.0306. The molecular formula is C8H14N6O4+2. The molecule has 10 heteroatoms. The second-order valence-corrected chi connectivity index (χ2v) is 3.76. The summed E-state index contributed by atoms with van der Waals surface area (Å²) in [5.74, 6) is 0. The summed E-state index contributed by atoms with van der Waals surface area (Å²) >= 11 is 0. The van der Waals surface area contributed by atoms with Gasteiger partial charge in [0.25, 0.3) is 0 Å². The summed E-state index contributed by atoms with van der Waals surface area (Å²) in [5.41, 5.74) is 13.3. The Bertz CT molecular complexity index is 344. The van der Waals surface area contributed by atoms with E-state index in [1.165, 1.54) is 0 Å². The number of rotatable bonds is 5. The van der Waals surface area contributed by atoms with Gasteiger partial charge < -0.3 is 18.9 Å². The first-order valence-corrected chi connectivity index (χ1v) is 5.39. The molecule has 0 radical (unpaired) electrons. The van der Waals surface area contributed by atoms with E-state index in [0.29, 0.717) is 0 Å². The Labute approximate surface area is 102 Å². The van der Waals surface area contributed by atoms with Gasteiger partial charge in [0.05, 0.1) is 0 Å². The Balaban J connectivity index is 1.99. The minimum absolute atomic E-state index is 0.148. The topological polar surface area (TPSA) is 138 Å². The van der Waals surface area contributed by atoms with Gasteiger partial charge >= 0.3 is 0 Å². The monoisotopic (exact) mass is 258 g/mol. The fraction of sp³-hybridized carbons (Fsp3) is 1.00. The van der Waals surface area contributed by atoms with E-state index >= 15 is 0 Å². The zero-order valence-corrected chi connectivity index (χ0v) is 9.56. The molecule has 18 heavy (non-hydrogen) atoms. The van der Waals surface area contributed by atoms with Gasteiger partial charge in [0.2, 0.25) is 9.82 Å². The SMILES string of the molecule is N=[N+]=NCC1OCOC1C1OCOC1CN=[N+]=N. The highest BCUT2D eigenvalue weighted by Crippen LogP contribution is 2.26. The molecule has 4 unspecified atom stereocenters. The molecule has 2 fully saturated rings. The molecule has 0 aliphatic carbocycles. The average Bonchev–Trinajstić information content (AvgIpc) is 3.01. The summed E-state index contributed by atoms with van der Waals surface area (Å²) in [5, 5.41) is 7.16. The van der Waals surface area contributed by atoms with Gasteiger partial charge in [-0.2, -0.15) is 0 Å². The van der Waals surface area contributed by atoms with Crippen LogP contribution in [0.15, 0.2) is 10.2 Å². The van der Waals surface area contributed by atoms with Crippen LogP contribution in [0.1, 0.15) is 0 Å². The summed E-state index contributed by atoms with van der Waals surface area (Å²) in [4.78, 5) is 5.88. The first kappa shape index (κ1) is 12.9. The van der Waals surface area contributed by atoms with Crippen LogP contribution in [0.2, 0.25) is 0 Å². The third-order valence-corrected chi connectivity index (χ3v) is 2.81. The van der Waals surface area contributed by atoms with Crippen LogP contribution in [-0.4, -0.2) is 51.1 Å². The van der Waals surface area contributed by atoms with Gasteiger partial charge in [-0.3, -0.25) is 0 Å². The second kappa shape index (κ2) is 6.41. The zero-order chi connectivity index (χ0) is 12.8. The Kier molecular flexibility index (Phi) is 4.59. The van der Waals surface area contributed by atoms with Crippen molar-refractivity contribution in [3.8, 4) is 0 Å². The van der Waals surface area contributed by atoms with Crippen molar-refractivity contribution in [1.82, 2.24) is 9.82 Å². The van der Waals surface area contributed by atoms with Gasteiger partial charge in [-0.25, -0.2) is 0 Å². The fourth-order valence-corrected chi connectivity index (χ4v) is 1.98. The highest BCUT2D eigenvalue weighted by molar-refractivity contribution is 4.90. The van der Waals surface area contributed by atoms with E-state index in [2.05, 4.69) is 20.1 Å². The first-order chi connectivity index (χ1) is 8.86. The molecule has 0 aromatic rings. The minimum atomic E-state index is -0.344. The van der Waals surface area contributed by atoms with Crippen LogP contribution in [0.25, 0.3) is 0 Å². The van der Waals surface area contributed by atoms with Crippen molar-refractivity contribution in [2.45, 2.75) is 24.4 Å². The molecule has 2 N–H and O–H groups in total. The normalized spacial score (nSPS) is 34.9. The number of ether oxygens (including phenoxy) is 4. The maximum atomic E-state index is 6.63. The van der Waals surface area contributed by atoms with Gasteiger partial charge in [-0.15, -0.1) is 0 Å². The summed E-state index contributed by atoms with van der Waals surface area (Å²) < 4.78 is 21.6. The molecule has 2 rings (SSSR count). The van der Waals surface area contributed by atoms with Crippen molar-refractivity contribution >= 4 is 0 Å². The zero-order valence-electron chi connectivity index (χ0n) is 9.56. The van der Waals surface area contributed by atoms with Crippen LogP contribution >= 0.6 is 0 Å². The molecule has 0 amide bonds. The molecule has 0 aromatic heterocycles. The van der Waals surface area contributed by atoms with Crippen molar-refractivity contribution in [2.75, 3.05) is 26.7 Å². The fourth-order valence-electron chi connectivity index (χ4n) is 1.98. The van der Waals surface area contributed by atoms with Crippen LogP contribution in [0.3, 0.4) is 0 Å². The lowest BCUT2D eigenvalue weighted by Gasteiger charge is -2.22. The molecule has 0 aromatic carbocycles. The number of hydrogen-bond donors (Lipinski definition) is 2. The Morgan fingerprint density at radius 2 is 1.28 bits per heavy atom. The standard InChI is InChI=1S/C8H14N6O4/c9-13-11-1-5-7(17-3-15-5)8-6(2-12-14-10)16-4-18-8/h5-10H,1-4H2/q+2. The van der Waals surface area contributed by atoms with Crippen molar-refractivity contribution in [3.63, 3.8) is 0 Å². The highest BCUT2D eigenvalue weighted by atomic mass is 16.8. The van der Waals surface area contributed by atoms with Crippen LogP contribution in [-0.2, 0) is 18.9 Å². The Hall–Kier alpha value is -1.54. The number of nitrogens with one attached hydrogen (secondary N) is 2. The molecule has 2 heterocycles. The van der Waals surface area contributed by atoms with E-state index in [1.807, 2.05) is 0 Å². The third-order valence-electron chi connectivity index (χ3n) is 2.81. The van der Waals surface area contributed by atoms with E-state index in [4.69, 9.17) is 30.0 Å². The molecule has 10 nitrogen and oxygen atoms in total. The smallest absolute Gasteiger partial charge is 0.214 e. The predicted octanol–water partition coefficient (Wildman–Crippen LogP) is -0.430. The molecule has 2 saturated heterocycles. The van der Waals surface area contributed by atoms with Crippen molar-refractivity contribution in [1.29, 1.82) is 11.1 Å². The molecule has 2 aliphatic heterocycles. The Morgan fingerprint density at radius 3 is 1.67 bits per heavy atom. The van der Waals surface area contributed by atoms with Crippen LogP contribution in [0, 0.1) is 11.1 Å². The highest BCUT2D eigenvalue weighted by Gasteiger charge is 2.45. The first-order valence-electron chi connectivity index (χ1n) is 5.39. The lowest BCUT2D eigenvalue weighted by atomic mass is 10.0. The van der Waals surface area contributed by atoms with Gasteiger partial charge in [0, 0.05) is 0 Å². The van der Waals surface area contributed by atoms with Gasteiger partial charge in [0.1, 0.15) is 59.3 Å². The number of hydrogen-bond acceptors (Lipinski definition) is 8. The third kappa shape index (κ3) is 2.82. The average molecular weight is 258 g/mol. The van der Waals surface area contributed by atoms with Crippen molar-refractivity contribution < 1.29 is 18.9 Å². The molecule has 0 spiro atoms. The largest absolute Gasteiger partial charge is 0.347 e. The molecule has 98 valence electrons. The lowest BCUT2D eigenvalue weighted by Crippen LogP contribution is -2.43. The second-order valence-electron chi connectivity index (χ2n) is 3.76. The van der Waals surface area contributed by atoms with E-state index in [0.717, 1.165) is 0 Å². The maximum absolute atomic E-state index is 6.63. The molecular weight excluding hydrogens is 244 g/mol. The van der Waals surface area contributed by atoms with E-state index < -0.39 is 0 Å². The van der Waals surface area contributed by atoms with Crippen LogP contribution < -0.4 is 9.82 Å². The molecule has 0 saturated carbocycles. The Morgan fingerprint density at radius 1 is 0.833 bits per heavy atom. The van der Waals surface area contributed by atoms with Gasteiger partial charge in [-0.05, 0) is 0 Å². The summed E-state index contributed by atoms with van der Waals surface area (Å²) in [6.07, 6.45) is -1.32. The molecule has 0 bridgehead atoms. The molecule has 4 atom stereocenters. The van der Waals surface area contributed by atoms with Crippen molar-refractivity contribution in [3.05, 3.63) is 0 Å². The quantitative estimate of drug-likeness (QED) is 0.510. The van der Waals surface area contributed by atoms with E-state index in [1.54, 1.807) is 0 Å². The predicted molar refractivity (Wildman–Crippen MR) is 53.5 cm³/mol. The van der Waals surface area contributed by atoms with Gasteiger partial charge in [-0.1, -0.05) is 0 Å². The van der Waals surface area contributed by atoms with Crippen LogP contribution in [0.4, 0.5) is 0 Å². The summed E-state index contributed by atoms with van der Waals surface area (Å²) in [6.45, 7) is 0.770. The molecule has 2 aliphatic rings. The van der Waals surface area contributed by atoms with E-state index in [-0.39, 0.29) is 51.1 Å². The maximum Gasteiger partial charge on any atom is 0.214 e. The van der Waals surface area contributed by atoms with Crippen LogP contribution in [0.5, 0.6) is 0 Å².